The predicted octanol–water partition coefficient (Wildman–Crippen LogP) is 9.91. The monoisotopic (exact) mass is 810 g/mol. The number of methoxy groups -OCH3 is 4. The minimum atomic E-state index is -0.274. The minimum absolute atomic E-state index is 0.126. The van der Waals surface area contributed by atoms with Crippen molar-refractivity contribution in [2.24, 2.45) is 0 Å². The predicted molar refractivity (Wildman–Crippen MR) is 227 cm³/mol. The van der Waals surface area contributed by atoms with Gasteiger partial charge in [0.25, 0.3) is 0 Å². The van der Waals surface area contributed by atoms with E-state index in [9.17, 15) is 5.11 Å². The second-order valence-corrected chi connectivity index (χ2v) is 14.9. The van der Waals surface area contributed by atoms with Crippen LogP contribution in [-0.2, 0) is 14.2 Å². The number of aryl methyl sites for hydroxylation is 1. The highest BCUT2D eigenvalue weighted by Gasteiger charge is 2.32. The Morgan fingerprint density at radius 1 is 0.508 bits per heavy atom. The van der Waals surface area contributed by atoms with Gasteiger partial charge in [0.2, 0.25) is 0 Å². The van der Waals surface area contributed by atoms with Crippen LogP contribution >= 0.6 is 0 Å². The summed E-state index contributed by atoms with van der Waals surface area (Å²) < 4.78 is 61.9. The molecule has 0 spiro atoms. The lowest BCUT2D eigenvalue weighted by atomic mass is 9.79. The topological polar surface area (TPSA) is 116 Å². The second-order valence-electron chi connectivity index (χ2n) is 14.9. The van der Waals surface area contributed by atoms with Crippen LogP contribution in [0.15, 0.2) is 52.9 Å². The van der Waals surface area contributed by atoms with E-state index in [0.29, 0.717) is 105 Å². The van der Waals surface area contributed by atoms with Crippen molar-refractivity contribution in [1.82, 2.24) is 0 Å². The number of phenols is 1. The lowest BCUT2D eigenvalue weighted by Crippen LogP contribution is -2.16. The average molecular weight is 811 g/mol. The van der Waals surface area contributed by atoms with Crippen LogP contribution in [0.4, 0.5) is 0 Å². The molecule has 11 nitrogen and oxygen atoms in total. The average Bonchev–Trinajstić information content (AvgIpc) is 3.57. The SMILES string of the molecule is CC[C@@H]1c2cc3c(c(C)oc3cc2OC)-c2cc(c(O)cc2OC)[C@H](CC)c2cc3c(cc2OC)OCCOCCOCCOCCOc2cc(OC)c(cc21)[C@H]3CC. The normalized spacial score (nSPS) is 18.8. The Bertz CT molecular complexity index is 2240. The van der Waals surface area contributed by atoms with E-state index in [1.54, 1.807) is 34.5 Å². The van der Waals surface area contributed by atoms with Crippen LogP contribution < -0.4 is 28.4 Å². The van der Waals surface area contributed by atoms with Crippen molar-refractivity contribution in [1.29, 1.82) is 0 Å². The first-order valence-corrected chi connectivity index (χ1v) is 20.7. The van der Waals surface area contributed by atoms with Gasteiger partial charge in [-0.05, 0) is 50.5 Å². The molecule has 0 saturated heterocycles. The third-order valence-electron chi connectivity index (χ3n) is 11.8. The van der Waals surface area contributed by atoms with Crippen LogP contribution in [0.1, 0.15) is 96.9 Å². The van der Waals surface area contributed by atoms with E-state index in [4.69, 9.17) is 47.0 Å². The van der Waals surface area contributed by atoms with Gasteiger partial charge in [-0.2, -0.15) is 0 Å². The minimum Gasteiger partial charge on any atom is -0.508 e. The van der Waals surface area contributed by atoms with Gasteiger partial charge < -0.3 is 52.2 Å². The van der Waals surface area contributed by atoms with Gasteiger partial charge in [0.1, 0.15) is 64.8 Å². The number of benzene rings is 4. The molecule has 9 bridgehead atoms. The molecule has 4 aromatic carbocycles. The van der Waals surface area contributed by atoms with Crippen molar-refractivity contribution in [2.45, 2.75) is 64.7 Å². The molecule has 7 rings (SSSR count). The number of furan rings is 1. The molecule has 2 aliphatic rings. The van der Waals surface area contributed by atoms with Crippen LogP contribution in [0.5, 0.6) is 40.2 Å². The fourth-order valence-corrected chi connectivity index (χ4v) is 8.95. The molecule has 0 radical (unpaired) electrons. The Morgan fingerprint density at radius 2 is 0.949 bits per heavy atom. The van der Waals surface area contributed by atoms with Crippen LogP contribution in [0.2, 0.25) is 0 Å². The van der Waals surface area contributed by atoms with Crippen LogP contribution in [0, 0.1) is 6.92 Å². The number of hydrogen-bond acceptors (Lipinski definition) is 11. The summed E-state index contributed by atoms with van der Waals surface area (Å²) >= 11 is 0. The largest absolute Gasteiger partial charge is 0.508 e. The van der Waals surface area contributed by atoms with Gasteiger partial charge in [0, 0.05) is 91.9 Å². The first-order chi connectivity index (χ1) is 28.8. The smallest absolute Gasteiger partial charge is 0.138 e. The van der Waals surface area contributed by atoms with Crippen LogP contribution in [0.25, 0.3) is 22.1 Å². The van der Waals surface area contributed by atoms with E-state index < -0.39 is 0 Å². The summed E-state index contributed by atoms with van der Waals surface area (Å²) in [6, 6.07) is 16.3. The lowest BCUT2D eigenvalue weighted by molar-refractivity contribution is 0.00485. The zero-order chi connectivity index (χ0) is 41.6. The van der Waals surface area contributed by atoms with E-state index in [2.05, 4.69) is 39.0 Å². The van der Waals surface area contributed by atoms with E-state index in [1.165, 1.54) is 0 Å². The Labute approximate surface area is 347 Å². The molecular formula is C48H58O11. The maximum absolute atomic E-state index is 11.8. The fraction of sp³-hybridized carbons (Fsp3) is 0.458. The van der Waals surface area contributed by atoms with Crippen molar-refractivity contribution in [3.63, 3.8) is 0 Å². The highest BCUT2D eigenvalue weighted by atomic mass is 16.6. The highest BCUT2D eigenvalue weighted by Crippen LogP contribution is 2.52. The Hall–Kier alpha value is -5.10. The van der Waals surface area contributed by atoms with Gasteiger partial charge in [0.05, 0.1) is 68.1 Å². The summed E-state index contributed by atoms with van der Waals surface area (Å²) in [5.74, 6) is 4.18. The third-order valence-corrected chi connectivity index (χ3v) is 11.8. The van der Waals surface area contributed by atoms with Crippen molar-refractivity contribution in [3.05, 3.63) is 87.7 Å². The molecule has 11 heteroatoms. The molecule has 3 atom stereocenters. The van der Waals surface area contributed by atoms with E-state index >= 15 is 0 Å². The van der Waals surface area contributed by atoms with Gasteiger partial charge in [-0.3, -0.25) is 0 Å². The van der Waals surface area contributed by atoms with Gasteiger partial charge in [-0.1, -0.05) is 20.8 Å². The van der Waals surface area contributed by atoms with Gasteiger partial charge in [0.15, 0.2) is 0 Å². The van der Waals surface area contributed by atoms with Gasteiger partial charge in [-0.25, -0.2) is 0 Å². The molecule has 5 aromatic rings. The molecule has 0 unspecified atom stereocenters. The summed E-state index contributed by atoms with van der Waals surface area (Å²) in [5, 5.41) is 12.7. The molecule has 316 valence electrons. The van der Waals surface area contributed by atoms with Gasteiger partial charge >= 0.3 is 0 Å². The van der Waals surface area contributed by atoms with E-state index in [0.717, 1.165) is 62.7 Å². The maximum Gasteiger partial charge on any atom is 0.138 e. The molecular weight excluding hydrogens is 753 g/mol. The molecule has 0 fully saturated rings. The summed E-state index contributed by atoms with van der Waals surface area (Å²) in [6.45, 7) is 11.6. The molecule has 2 heterocycles. The molecule has 0 amide bonds. The third kappa shape index (κ3) is 8.25. The number of phenolic OH excluding ortho intramolecular Hbond substituents is 1. The molecule has 1 aliphatic heterocycles. The highest BCUT2D eigenvalue weighted by molar-refractivity contribution is 5.99. The lowest BCUT2D eigenvalue weighted by Gasteiger charge is -2.29. The zero-order valence-corrected chi connectivity index (χ0v) is 35.7. The Balaban J connectivity index is 1.60. The molecule has 59 heavy (non-hydrogen) atoms. The number of ether oxygens (including phenoxy) is 9. The number of aromatic hydroxyl groups is 1. The first-order valence-electron chi connectivity index (χ1n) is 20.7. The zero-order valence-electron chi connectivity index (χ0n) is 35.7. The summed E-state index contributed by atoms with van der Waals surface area (Å²) in [6.07, 6.45) is 2.11. The van der Waals surface area contributed by atoms with Crippen molar-refractivity contribution in [3.8, 4) is 51.4 Å². The molecule has 1 N–H and O–H groups in total. The van der Waals surface area contributed by atoms with E-state index in [-0.39, 0.29) is 23.5 Å². The van der Waals surface area contributed by atoms with Crippen LogP contribution in [-0.4, -0.2) is 86.4 Å². The van der Waals surface area contributed by atoms with Crippen molar-refractivity contribution < 1.29 is 52.2 Å². The van der Waals surface area contributed by atoms with Crippen molar-refractivity contribution in [2.75, 3.05) is 81.3 Å². The number of rotatable bonds is 7. The first kappa shape index (κ1) is 42.0. The summed E-state index contributed by atoms with van der Waals surface area (Å²) in [7, 11) is 6.69. The second kappa shape index (κ2) is 18.9. The molecule has 1 aliphatic carbocycles. The van der Waals surface area contributed by atoms with Gasteiger partial charge in [-0.15, -0.1) is 0 Å². The van der Waals surface area contributed by atoms with Crippen LogP contribution in [0.3, 0.4) is 0 Å². The summed E-state index contributed by atoms with van der Waals surface area (Å²) in [5.41, 5.74) is 7.96. The Kier molecular flexibility index (Phi) is 13.4. The van der Waals surface area contributed by atoms with Crippen molar-refractivity contribution >= 4 is 11.0 Å². The Morgan fingerprint density at radius 3 is 1.42 bits per heavy atom. The number of hydrogen-bond donors (Lipinski definition) is 1. The molecule has 0 saturated carbocycles. The maximum atomic E-state index is 11.8. The standard InChI is InChI=1S/C48H58O11/c1-9-29-32-20-38(41(50-5)24-40(32)49)48-28(4)59-47-27-44(53-8)35(23-39(47)48)31(11-3)37-22-34-30(10-2)36-21-33(29)42(51-6)25-45(36)57-18-16-55-14-12-54-13-15-56-17-19-58-46(37)26-43(34)52-7/h20-27,29-31,49H,9-19H2,1-8H3/t29-,30+,31+/m0/s1. The van der Waals surface area contributed by atoms with E-state index in [1.807, 2.05) is 31.2 Å². The quantitative estimate of drug-likeness (QED) is 0.169. The fourth-order valence-electron chi connectivity index (χ4n) is 8.95. The number of fused-ring (bicyclic) bond motifs is 9. The molecule has 1 aromatic heterocycles. The summed E-state index contributed by atoms with van der Waals surface area (Å²) in [4.78, 5) is 0.